The monoisotopic (exact) mass is 363 g/mol. The van der Waals surface area contributed by atoms with E-state index < -0.39 is 12.2 Å². The first kappa shape index (κ1) is 16.7. The highest BCUT2D eigenvalue weighted by Gasteiger charge is 2.29. The van der Waals surface area contributed by atoms with Gasteiger partial charge < -0.3 is 9.47 Å². The zero-order valence-corrected chi connectivity index (χ0v) is 14.3. The first-order valence-electron chi connectivity index (χ1n) is 7.34. The van der Waals surface area contributed by atoms with E-state index in [0.29, 0.717) is 28.9 Å². The molecule has 6 heteroatoms. The number of benzene rings is 2. The highest BCUT2D eigenvalue weighted by molar-refractivity contribution is 6.31. The summed E-state index contributed by atoms with van der Waals surface area (Å²) in [4.78, 5) is 13.8. The molecule has 0 bridgehead atoms. The van der Waals surface area contributed by atoms with Crippen molar-refractivity contribution in [3.63, 3.8) is 0 Å². The maximum atomic E-state index is 12.2. The highest BCUT2D eigenvalue weighted by atomic mass is 35.5. The van der Waals surface area contributed by atoms with E-state index >= 15 is 0 Å². The van der Waals surface area contributed by atoms with E-state index in [2.05, 4.69) is 6.58 Å². The van der Waals surface area contributed by atoms with Gasteiger partial charge in [-0.25, -0.2) is 4.79 Å². The molecule has 1 amide bonds. The first-order chi connectivity index (χ1) is 11.6. The van der Waals surface area contributed by atoms with Gasteiger partial charge in [0, 0.05) is 21.2 Å². The number of halogens is 2. The summed E-state index contributed by atoms with van der Waals surface area (Å²) in [5.74, 6) is 0.665. The van der Waals surface area contributed by atoms with E-state index in [-0.39, 0.29) is 0 Å². The first-order valence-corrected chi connectivity index (χ1v) is 8.10. The van der Waals surface area contributed by atoms with E-state index in [1.54, 1.807) is 24.3 Å². The fourth-order valence-electron chi connectivity index (χ4n) is 2.63. The third-order valence-corrected chi connectivity index (χ3v) is 4.31. The van der Waals surface area contributed by atoms with Crippen molar-refractivity contribution < 1.29 is 14.3 Å². The lowest BCUT2D eigenvalue weighted by Crippen LogP contribution is -2.33. The third kappa shape index (κ3) is 3.50. The predicted molar refractivity (Wildman–Crippen MR) is 93.4 cm³/mol. The van der Waals surface area contributed by atoms with Crippen LogP contribution in [-0.2, 0) is 11.3 Å². The molecule has 1 aliphatic rings. The van der Waals surface area contributed by atoms with Crippen molar-refractivity contribution in [2.24, 2.45) is 0 Å². The lowest BCUT2D eigenvalue weighted by atomic mass is 10.1. The van der Waals surface area contributed by atoms with Gasteiger partial charge in [0.05, 0.1) is 19.4 Å². The quantitative estimate of drug-likeness (QED) is 0.687. The van der Waals surface area contributed by atoms with Crippen LogP contribution in [0, 0.1) is 0 Å². The second-order valence-corrected chi connectivity index (χ2v) is 6.15. The van der Waals surface area contributed by atoms with Gasteiger partial charge in [-0.2, -0.15) is 0 Å². The zero-order valence-electron chi connectivity index (χ0n) is 12.7. The van der Waals surface area contributed by atoms with Gasteiger partial charge in [-0.1, -0.05) is 48.0 Å². The van der Waals surface area contributed by atoms with Gasteiger partial charge in [-0.15, -0.1) is 0 Å². The fraction of sp³-hybridized carbons (Fsp3) is 0.167. The summed E-state index contributed by atoms with van der Waals surface area (Å²) in [6.07, 6.45) is 0.189. The van der Waals surface area contributed by atoms with E-state index in [1.807, 2.05) is 18.2 Å². The number of hydrogen-bond donors (Lipinski definition) is 0. The van der Waals surface area contributed by atoms with Crippen molar-refractivity contribution in [3.8, 4) is 5.75 Å². The van der Waals surface area contributed by atoms with Gasteiger partial charge in [0.1, 0.15) is 11.9 Å². The Morgan fingerprint density at radius 2 is 2.08 bits per heavy atom. The van der Waals surface area contributed by atoms with Crippen molar-refractivity contribution in [2.45, 2.75) is 12.6 Å². The molecule has 0 fully saturated rings. The molecule has 24 heavy (non-hydrogen) atoms. The molecule has 0 aromatic heterocycles. The average Bonchev–Trinajstić information content (AvgIpc) is 2.74. The second kappa shape index (κ2) is 7.16. The molecule has 2 aromatic carbocycles. The van der Waals surface area contributed by atoms with Gasteiger partial charge in [0.15, 0.2) is 0 Å². The SMILES string of the molecule is C=COC(=O)N1Cc2cc(Cl)ccc2OC(c2ccccc2Cl)C1. The molecule has 0 N–H and O–H groups in total. The third-order valence-electron chi connectivity index (χ3n) is 3.73. The number of hydrogen-bond acceptors (Lipinski definition) is 3. The minimum Gasteiger partial charge on any atom is -0.483 e. The van der Waals surface area contributed by atoms with E-state index in [4.69, 9.17) is 32.7 Å². The van der Waals surface area contributed by atoms with Crippen LogP contribution < -0.4 is 4.74 Å². The number of fused-ring (bicyclic) bond motifs is 1. The Morgan fingerprint density at radius 1 is 1.29 bits per heavy atom. The van der Waals surface area contributed by atoms with Crippen LogP contribution in [0.2, 0.25) is 10.0 Å². The Labute approximate surface area is 150 Å². The van der Waals surface area contributed by atoms with Crippen molar-refractivity contribution in [2.75, 3.05) is 6.54 Å². The Hall–Kier alpha value is -2.17. The lowest BCUT2D eigenvalue weighted by molar-refractivity contribution is 0.111. The predicted octanol–water partition coefficient (Wildman–Crippen LogP) is 5.21. The van der Waals surface area contributed by atoms with E-state index in [0.717, 1.165) is 17.4 Å². The second-order valence-electron chi connectivity index (χ2n) is 5.31. The molecule has 4 nitrogen and oxygen atoms in total. The van der Waals surface area contributed by atoms with Gasteiger partial charge in [0.2, 0.25) is 0 Å². The normalized spacial score (nSPS) is 16.6. The summed E-state index contributed by atoms with van der Waals surface area (Å²) in [5.41, 5.74) is 1.61. The molecule has 124 valence electrons. The van der Waals surface area contributed by atoms with Crippen LogP contribution in [0.5, 0.6) is 5.75 Å². The number of amides is 1. The molecule has 1 heterocycles. The number of nitrogens with zero attached hydrogens (tertiary/aromatic N) is 1. The van der Waals surface area contributed by atoms with Gasteiger partial charge in [-0.05, 0) is 24.3 Å². The Balaban J connectivity index is 2.01. The number of carbonyl (C=O) groups is 1. The lowest BCUT2D eigenvalue weighted by Gasteiger charge is -2.23. The molecule has 1 aliphatic heterocycles. The van der Waals surface area contributed by atoms with Crippen LogP contribution in [0.3, 0.4) is 0 Å². The zero-order chi connectivity index (χ0) is 17.1. The van der Waals surface area contributed by atoms with Gasteiger partial charge in [0.25, 0.3) is 0 Å². The van der Waals surface area contributed by atoms with Crippen molar-refractivity contribution in [3.05, 3.63) is 76.5 Å². The largest absolute Gasteiger partial charge is 0.483 e. The van der Waals surface area contributed by atoms with Crippen LogP contribution in [-0.4, -0.2) is 17.5 Å². The maximum absolute atomic E-state index is 12.2. The Kier molecular flexibility index (Phi) is 4.97. The fourth-order valence-corrected chi connectivity index (χ4v) is 3.08. The molecule has 0 saturated heterocycles. The highest BCUT2D eigenvalue weighted by Crippen LogP contribution is 2.35. The van der Waals surface area contributed by atoms with Crippen molar-refractivity contribution >= 4 is 29.3 Å². The molecular formula is C18H15Cl2NO3. The summed E-state index contributed by atoms with van der Waals surface area (Å²) >= 11 is 12.4. The summed E-state index contributed by atoms with van der Waals surface area (Å²) in [6.45, 7) is 4.04. The molecular weight excluding hydrogens is 349 g/mol. The summed E-state index contributed by atoms with van der Waals surface area (Å²) in [5, 5.41) is 1.16. The maximum Gasteiger partial charge on any atom is 0.415 e. The van der Waals surface area contributed by atoms with E-state index in [9.17, 15) is 4.79 Å². The number of carbonyl (C=O) groups excluding carboxylic acids is 1. The Morgan fingerprint density at radius 3 is 2.83 bits per heavy atom. The van der Waals surface area contributed by atoms with Crippen LogP contribution in [0.1, 0.15) is 17.2 Å². The van der Waals surface area contributed by atoms with Gasteiger partial charge >= 0.3 is 6.09 Å². The topological polar surface area (TPSA) is 38.8 Å². The Bertz CT molecular complexity index is 779. The summed E-state index contributed by atoms with van der Waals surface area (Å²) < 4.78 is 11.0. The molecule has 1 unspecified atom stereocenters. The molecule has 0 aliphatic carbocycles. The van der Waals surface area contributed by atoms with Gasteiger partial charge in [-0.3, -0.25) is 4.90 Å². The van der Waals surface area contributed by atoms with Crippen molar-refractivity contribution in [1.82, 2.24) is 4.90 Å². The van der Waals surface area contributed by atoms with Crippen LogP contribution >= 0.6 is 23.2 Å². The molecule has 3 rings (SSSR count). The van der Waals surface area contributed by atoms with Crippen molar-refractivity contribution in [1.29, 1.82) is 0 Å². The average molecular weight is 364 g/mol. The molecule has 2 aromatic rings. The molecule has 0 spiro atoms. The smallest absolute Gasteiger partial charge is 0.415 e. The number of rotatable bonds is 2. The van der Waals surface area contributed by atoms with E-state index in [1.165, 1.54) is 4.90 Å². The van der Waals surface area contributed by atoms with Crippen LogP contribution in [0.4, 0.5) is 4.79 Å². The summed E-state index contributed by atoms with van der Waals surface area (Å²) in [7, 11) is 0. The number of ether oxygens (including phenoxy) is 2. The minimum atomic E-state index is -0.501. The summed E-state index contributed by atoms with van der Waals surface area (Å²) in [6, 6.07) is 12.7. The molecule has 0 saturated carbocycles. The minimum absolute atomic E-state index is 0.294. The van der Waals surface area contributed by atoms with Crippen LogP contribution in [0.15, 0.2) is 55.3 Å². The standard InChI is InChI=1S/C18H15Cl2NO3/c1-2-23-18(22)21-10-12-9-13(19)7-8-16(12)24-17(11-21)14-5-3-4-6-15(14)20/h2-9,17H,1,10-11H2. The molecule has 0 radical (unpaired) electrons. The van der Waals surface area contributed by atoms with Crippen LogP contribution in [0.25, 0.3) is 0 Å². The molecule has 1 atom stereocenters.